The van der Waals surface area contributed by atoms with Crippen molar-refractivity contribution < 1.29 is 9.72 Å². The largest absolute Gasteiger partial charge is 0.292 e. The molecule has 0 saturated carbocycles. The van der Waals surface area contributed by atoms with Crippen LogP contribution < -0.4 is 11.0 Å². The van der Waals surface area contributed by atoms with E-state index in [4.69, 9.17) is 0 Å². The Balaban J connectivity index is 1.88. The number of carbonyl (C=O) groups is 1. The predicted octanol–water partition coefficient (Wildman–Crippen LogP) is 2.87. The first-order chi connectivity index (χ1) is 14.0. The van der Waals surface area contributed by atoms with E-state index in [1.165, 1.54) is 29.1 Å². The zero-order chi connectivity index (χ0) is 20.8. The number of nitro benzene ring substituents is 1. The highest BCUT2D eigenvalue weighted by atomic mass is 16.6. The minimum atomic E-state index is -0.576. The van der Waals surface area contributed by atoms with E-state index in [0.717, 1.165) is 12.8 Å². The minimum absolute atomic E-state index is 0.0732. The van der Waals surface area contributed by atoms with Gasteiger partial charge in [0.05, 0.1) is 16.5 Å². The van der Waals surface area contributed by atoms with Gasteiger partial charge in [0.15, 0.2) is 5.69 Å². The Hall–Kier alpha value is -3.88. The third-order valence-corrected chi connectivity index (χ3v) is 4.27. The average Bonchev–Trinajstić information content (AvgIpc) is 2.73. The fourth-order valence-electron chi connectivity index (χ4n) is 2.80. The highest BCUT2D eigenvalue weighted by Crippen LogP contribution is 2.14. The van der Waals surface area contributed by atoms with Gasteiger partial charge in [-0.2, -0.15) is 10.2 Å². The Bertz CT molecular complexity index is 1150. The molecule has 0 radical (unpaired) electrons. The summed E-state index contributed by atoms with van der Waals surface area (Å²) in [5, 5.41) is 19.8. The number of hydrazone groups is 1. The number of amides is 1. The van der Waals surface area contributed by atoms with Gasteiger partial charge in [-0.15, -0.1) is 0 Å². The molecule has 1 heterocycles. The Labute approximate surface area is 165 Å². The highest BCUT2D eigenvalue weighted by molar-refractivity contribution is 6.04. The third kappa shape index (κ3) is 4.52. The first-order valence-electron chi connectivity index (χ1n) is 9.09. The van der Waals surface area contributed by atoms with Crippen LogP contribution in [0.15, 0.2) is 58.4 Å². The van der Waals surface area contributed by atoms with Crippen molar-refractivity contribution in [2.45, 2.75) is 26.3 Å². The maximum Gasteiger partial charge on any atom is 0.292 e. The number of nitrogens with one attached hydrogen (secondary N) is 1. The average molecular weight is 393 g/mol. The summed E-state index contributed by atoms with van der Waals surface area (Å²) in [6.45, 7) is 2.42. The van der Waals surface area contributed by atoms with E-state index in [-0.39, 0.29) is 16.9 Å². The lowest BCUT2D eigenvalue weighted by Crippen LogP contribution is -2.29. The summed E-state index contributed by atoms with van der Waals surface area (Å²) >= 11 is 0. The minimum Gasteiger partial charge on any atom is -0.267 e. The number of nitrogens with zero attached hydrogens (tertiary/aromatic N) is 4. The van der Waals surface area contributed by atoms with Gasteiger partial charge in [0, 0.05) is 29.6 Å². The second-order valence-corrected chi connectivity index (χ2v) is 6.33. The molecule has 0 fully saturated rings. The van der Waals surface area contributed by atoms with Crippen LogP contribution in [0.3, 0.4) is 0 Å². The van der Waals surface area contributed by atoms with Crippen molar-refractivity contribution in [3.05, 3.63) is 80.3 Å². The molecule has 1 N–H and O–H groups in total. The van der Waals surface area contributed by atoms with Gasteiger partial charge in [0.2, 0.25) is 0 Å². The van der Waals surface area contributed by atoms with Crippen LogP contribution in [0, 0.1) is 10.1 Å². The van der Waals surface area contributed by atoms with Crippen molar-refractivity contribution in [1.82, 2.24) is 15.2 Å². The van der Waals surface area contributed by atoms with Crippen molar-refractivity contribution in [2.75, 3.05) is 0 Å². The maximum absolute atomic E-state index is 12.7. The first-order valence-corrected chi connectivity index (χ1v) is 9.09. The van der Waals surface area contributed by atoms with Crippen LogP contribution in [-0.4, -0.2) is 26.8 Å². The molecule has 3 aromatic rings. The van der Waals surface area contributed by atoms with Crippen LogP contribution in [0.25, 0.3) is 10.8 Å². The molecular formula is C20H19N5O4. The van der Waals surface area contributed by atoms with Crippen molar-refractivity contribution in [1.29, 1.82) is 0 Å². The molecule has 148 valence electrons. The Morgan fingerprint density at radius 1 is 1.24 bits per heavy atom. The molecule has 3 rings (SSSR count). The summed E-state index contributed by atoms with van der Waals surface area (Å²) in [7, 11) is 0. The van der Waals surface area contributed by atoms with Crippen LogP contribution in [0.1, 0.15) is 35.8 Å². The Morgan fingerprint density at radius 2 is 2.00 bits per heavy atom. The topological polar surface area (TPSA) is 119 Å². The smallest absolute Gasteiger partial charge is 0.267 e. The number of unbranched alkanes of at least 4 members (excludes halogenated alkanes) is 1. The van der Waals surface area contributed by atoms with Crippen molar-refractivity contribution in [3.63, 3.8) is 0 Å². The van der Waals surface area contributed by atoms with Gasteiger partial charge in [-0.25, -0.2) is 10.1 Å². The van der Waals surface area contributed by atoms with Gasteiger partial charge in [0.1, 0.15) is 0 Å². The standard InChI is InChI=1S/C20H19N5O4/c1-2-3-11-24-20(27)17-10-5-4-9-16(17)18(23-24)19(26)22-21-13-14-7-6-8-15(12-14)25(28)29/h4-10,12-13H,2-3,11H2,1H3,(H,22,26)/b21-13-. The molecule has 29 heavy (non-hydrogen) atoms. The number of hydrogen-bond acceptors (Lipinski definition) is 6. The molecule has 9 nitrogen and oxygen atoms in total. The molecule has 1 aromatic heterocycles. The first kappa shape index (κ1) is 19.9. The van der Waals surface area contributed by atoms with E-state index in [1.54, 1.807) is 30.3 Å². The number of benzene rings is 2. The zero-order valence-corrected chi connectivity index (χ0v) is 15.7. The molecule has 0 spiro atoms. The van der Waals surface area contributed by atoms with E-state index in [0.29, 0.717) is 22.9 Å². The quantitative estimate of drug-likeness (QED) is 0.376. The van der Waals surface area contributed by atoms with Gasteiger partial charge < -0.3 is 0 Å². The van der Waals surface area contributed by atoms with Crippen LogP contribution >= 0.6 is 0 Å². The summed E-state index contributed by atoms with van der Waals surface area (Å²) in [4.78, 5) is 35.6. The van der Waals surface area contributed by atoms with Gasteiger partial charge in [0.25, 0.3) is 17.2 Å². The molecule has 0 saturated heterocycles. The SMILES string of the molecule is CCCCn1nc(C(=O)N/N=C\c2cccc([N+](=O)[O-])c2)c2ccccc2c1=O. The second-order valence-electron chi connectivity index (χ2n) is 6.33. The van der Waals surface area contributed by atoms with E-state index in [2.05, 4.69) is 15.6 Å². The summed E-state index contributed by atoms with van der Waals surface area (Å²) in [5.41, 5.74) is 2.61. The van der Waals surface area contributed by atoms with Gasteiger partial charge in [-0.05, 0) is 12.5 Å². The van der Waals surface area contributed by atoms with Crippen LogP contribution in [0.5, 0.6) is 0 Å². The predicted molar refractivity (Wildman–Crippen MR) is 109 cm³/mol. The van der Waals surface area contributed by atoms with Crippen LogP contribution in [0.4, 0.5) is 5.69 Å². The van der Waals surface area contributed by atoms with Crippen LogP contribution in [0.2, 0.25) is 0 Å². The summed E-state index contributed by atoms with van der Waals surface area (Å²) in [5.74, 6) is -0.576. The van der Waals surface area contributed by atoms with E-state index >= 15 is 0 Å². The number of non-ortho nitro benzene ring substituents is 1. The summed E-state index contributed by atoms with van der Waals surface area (Å²) < 4.78 is 1.30. The van der Waals surface area contributed by atoms with E-state index < -0.39 is 10.8 Å². The number of fused-ring (bicyclic) bond motifs is 1. The maximum atomic E-state index is 12.7. The lowest BCUT2D eigenvalue weighted by Gasteiger charge is -2.09. The molecule has 2 aromatic carbocycles. The van der Waals surface area contributed by atoms with E-state index in [1.807, 2.05) is 6.92 Å². The molecule has 0 atom stereocenters. The third-order valence-electron chi connectivity index (χ3n) is 4.27. The normalized spacial score (nSPS) is 11.1. The lowest BCUT2D eigenvalue weighted by atomic mass is 10.1. The number of nitro groups is 1. The summed E-state index contributed by atoms with van der Waals surface area (Å²) in [6.07, 6.45) is 2.95. The Morgan fingerprint density at radius 3 is 2.72 bits per heavy atom. The Kier molecular flexibility index (Phi) is 6.08. The van der Waals surface area contributed by atoms with Crippen molar-refractivity contribution in [3.8, 4) is 0 Å². The molecule has 1 amide bonds. The van der Waals surface area contributed by atoms with E-state index in [9.17, 15) is 19.7 Å². The number of hydrogen-bond donors (Lipinski definition) is 1. The van der Waals surface area contributed by atoms with Crippen molar-refractivity contribution >= 4 is 28.6 Å². The van der Waals surface area contributed by atoms with Gasteiger partial charge in [-0.3, -0.25) is 19.7 Å². The van der Waals surface area contributed by atoms with Crippen molar-refractivity contribution in [2.24, 2.45) is 5.10 Å². The number of aryl methyl sites for hydroxylation is 1. The molecule has 0 aliphatic heterocycles. The summed E-state index contributed by atoms with van der Waals surface area (Å²) in [6, 6.07) is 12.6. The second kappa shape index (κ2) is 8.87. The molecule has 0 bridgehead atoms. The highest BCUT2D eigenvalue weighted by Gasteiger charge is 2.16. The number of carbonyl (C=O) groups excluding carboxylic acids is 1. The monoisotopic (exact) mass is 393 g/mol. The molecule has 0 unspecified atom stereocenters. The molecule has 0 aliphatic rings. The molecule has 9 heteroatoms. The number of aromatic nitrogens is 2. The fourth-order valence-corrected chi connectivity index (χ4v) is 2.80. The van der Waals surface area contributed by atoms with Gasteiger partial charge >= 0.3 is 0 Å². The van der Waals surface area contributed by atoms with Crippen LogP contribution in [-0.2, 0) is 6.54 Å². The fraction of sp³-hybridized carbons (Fsp3) is 0.200. The zero-order valence-electron chi connectivity index (χ0n) is 15.7. The lowest BCUT2D eigenvalue weighted by molar-refractivity contribution is -0.384. The molecule has 0 aliphatic carbocycles. The van der Waals surface area contributed by atoms with Gasteiger partial charge in [-0.1, -0.05) is 43.7 Å². The molecular weight excluding hydrogens is 374 g/mol. The number of rotatable bonds is 7.